The molecule has 2 unspecified atom stereocenters. The van der Waals surface area contributed by atoms with Crippen molar-refractivity contribution in [2.75, 3.05) is 26.2 Å². The van der Waals surface area contributed by atoms with Gasteiger partial charge in [0.05, 0.1) is 0 Å². The summed E-state index contributed by atoms with van der Waals surface area (Å²) in [4.78, 5) is 28.3. The number of aryl methyl sites for hydroxylation is 1. The Morgan fingerprint density at radius 1 is 1.00 bits per heavy atom. The maximum absolute atomic E-state index is 12.8. The third kappa shape index (κ3) is 2.94. The van der Waals surface area contributed by atoms with Gasteiger partial charge in [0.2, 0.25) is 5.91 Å². The molecule has 0 saturated carbocycles. The van der Waals surface area contributed by atoms with Crippen LogP contribution < -0.4 is 0 Å². The molecule has 0 aliphatic carbocycles. The third-order valence-electron chi connectivity index (χ3n) is 5.42. The van der Waals surface area contributed by atoms with Gasteiger partial charge in [-0.1, -0.05) is 18.7 Å². The molecular weight excluding hydrogens is 328 g/mol. The first-order chi connectivity index (χ1) is 12.5. The Morgan fingerprint density at radius 2 is 1.62 bits per heavy atom. The summed E-state index contributed by atoms with van der Waals surface area (Å²) in [6, 6.07) is 11.4. The summed E-state index contributed by atoms with van der Waals surface area (Å²) < 4.78 is 5.62. The molecule has 0 N–H and O–H groups in total. The molecule has 26 heavy (non-hydrogen) atoms. The Morgan fingerprint density at radius 3 is 2.15 bits per heavy atom. The number of nitrogens with zero attached hydrogens (tertiary/aromatic N) is 2. The van der Waals surface area contributed by atoms with E-state index in [-0.39, 0.29) is 11.8 Å². The molecule has 2 aliphatic heterocycles. The SMILES string of the molecule is C=CC(=O)N1CC2CN(C(=O)c3ccc(-c4ccc(C)o4)cc3)CC2C1. The van der Waals surface area contributed by atoms with Crippen molar-refractivity contribution in [1.29, 1.82) is 0 Å². The van der Waals surface area contributed by atoms with Gasteiger partial charge in [-0.15, -0.1) is 0 Å². The first-order valence-corrected chi connectivity index (χ1v) is 8.92. The van der Waals surface area contributed by atoms with E-state index in [0.717, 1.165) is 30.2 Å². The van der Waals surface area contributed by atoms with Crippen LogP contribution in [0, 0.1) is 18.8 Å². The molecule has 3 heterocycles. The molecule has 0 spiro atoms. The second kappa shape index (κ2) is 6.48. The lowest BCUT2D eigenvalue weighted by atomic mass is 10.0. The number of carbonyl (C=O) groups excluding carboxylic acids is 2. The largest absolute Gasteiger partial charge is 0.461 e. The number of rotatable bonds is 3. The highest BCUT2D eigenvalue weighted by molar-refractivity contribution is 5.95. The van der Waals surface area contributed by atoms with E-state index in [1.165, 1.54) is 6.08 Å². The maximum atomic E-state index is 12.8. The molecule has 5 nitrogen and oxygen atoms in total. The summed E-state index contributed by atoms with van der Waals surface area (Å²) in [6.07, 6.45) is 1.37. The van der Waals surface area contributed by atoms with E-state index in [1.807, 2.05) is 53.1 Å². The Bertz CT molecular complexity index is 838. The monoisotopic (exact) mass is 350 g/mol. The minimum Gasteiger partial charge on any atom is -0.461 e. The highest BCUT2D eigenvalue weighted by Crippen LogP contribution is 2.32. The lowest BCUT2D eigenvalue weighted by molar-refractivity contribution is -0.125. The molecular formula is C21H22N2O3. The smallest absolute Gasteiger partial charge is 0.253 e. The second-order valence-electron chi connectivity index (χ2n) is 7.17. The van der Waals surface area contributed by atoms with Crippen LogP contribution in [-0.4, -0.2) is 47.8 Å². The van der Waals surface area contributed by atoms with Crippen molar-refractivity contribution >= 4 is 11.8 Å². The number of hydrogen-bond acceptors (Lipinski definition) is 3. The molecule has 2 fully saturated rings. The minimum absolute atomic E-state index is 0.0129. The summed E-state index contributed by atoms with van der Waals surface area (Å²) in [5.41, 5.74) is 1.66. The average molecular weight is 350 g/mol. The number of likely N-dealkylation sites (tertiary alicyclic amines) is 2. The van der Waals surface area contributed by atoms with Gasteiger partial charge in [0, 0.05) is 49.1 Å². The fraction of sp³-hybridized carbons (Fsp3) is 0.333. The van der Waals surface area contributed by atoms with Crippen LogP contribution >= 0.6 is 0 Å². The number of benzene rings is 1. The Hall–Kier alpha value is -2.82. The summed E-state index contributed by atoms with van der Waals surface area (Å²) in [5, 5.41) is 0. The lowest BCUT2D eigenvalue weighted by Gasteiger charge is -2.21. The van der Waals surface area contributed by atoms with Gasteiger partial charge in [0.25, 0.3) is 5.91 Å². The predicted molar refractivity (Wildman–Crippen MR) is 98.5 cm³/mol. The van der Waals surface area contributed by atoms with Crippen molar-refractivity contribution < 1.29 is 14.0 Å². The molecule has 1 aromatic heterocycles. The van der Waals surface area contributed by atoms with Crippen molar-refractivity contribution in [3.8, 4) is 11.3 Å². The molecule has 2 amide bonds. The third-order valence-corrected chi connectivity index (χ3v) is 5.42. The second-order valence-corrected chi connectivity index (χ2v) is 7.17. The van der Waals surface area contributed by atoms with Crippen LogP contribution in [0.3, 0.4) is 0 Å². The van der Waals surface area contributed by atoms with Crippen LogP contribution in [0.5, 0.6) is 0 Å². The summed E-state index contributed by atoms with van der Waals surface area (Å²) in [6.45, 7) is 8.32. The number of amides is 2. The maximum Gasteiger partial charge on any atom is 0.253 e. The van der Waals surface area contributed by atoms with Gasteiger partial charge in [0.15, 0.2) is 0 Å². The predicted octanol–water partition coefficient (Wildman–Crippen LogP) is 2.97. The first kappa shape index (κ1) is 16.6. The van der Waals surface area contributed by atoms with E-state index >= 15 is 0 Å². The van der Waals surface area contributed by atoms with Crippen molar-refractivity contribution in [1.82, 2.24) is 9.80 Å². The van der Waals surface area contributed by atoms with E-state index in [9.17, 15) is 9.59 Å². The van der Waals surface area contributed by atoms with Crippen molar-refractivity contribution in [2.45, 2.75) is 6.92 Å². The van der Waals surface area contributed by atoms with Gasteiger partial charge in [-0.25, -0.2) is 0 Å². The molecule has 0 radical (unpaired) electrons. The lowest BCUT2D eigenvalue weighted by Crippen LogP contribution is -2.35. The molecule has 4 rings (SSSR count). The summed E-state index contributed by atoms with van der Waals surface area (Å²) in [7, 11) is 0. The topological polar surface area (TPSA) is 53.8 Å². The number of carbonyl (C=O) groups is 2. The molecule has 5 heteroatoms. The highest BCUT2D eigenvalue weighted by Gasteiger charge is 2.42. The first-order valence-electron chi connectivity index (χ1n) is 8.92. The van der Waals surface area contributed by atoms with Crippen molar-refractivity contribution in [3.05, 3.63) is 60.4 Å². The van der Waals surface area contributed by atoms with E-state index < -0.39 is 0 Å². The van der Waals surface area contributed by atoms with E-state index in [4.69, 9.17) is 4.42 Å². The van der Waals surface area contributed by atoms with Gasteiger partial charge in [-0.3, -0.25) is 9.59 Å². The zero-order valence-electron chi connectivity index (χ0n) is 14.9. The fourth-order valence-corrected chi connectivity index (χ4v) is 4.02. The molecule has 2 aliphatic rings. The van der Waals surface area contributed by atoms with Crippen LogP contribution in [0.15, 0.2) is 53.5 Å². The highest BCUT2D eigenvalue weighted by atomic mass is 16.3. The van der Waals surface area contributed by atoms with Gasteiger partial charge in [-0.05, 0) is 37.3 Å². The van der Waals surface area contributed by atoms with E-state index in [0.29, 0.717) is 30.5 Å². The van der Waals surface area contributed by atoms with Crippen LogP contribution in [0.2, 0.25) is 0 Å². The Labute approximate surface area is 152 Å². The molecule has 2 aromatic rings. The van der Waals surface area contributed by atoms with Crippen molar-refractivity contribution in [2.24, 2.45) is 11.8 Å². The summed E-state index contributed by atoms with van der Waals surface area (Å²) >= 11 is 0. The number of hydrogen-bond donors (Lipinski definition) is 0. The molecule has 0 bridgehead atoms. The number of fused-ring (bicyclic) bond motifs is 1. The number of furan rings is 1. The quantitative estimate of drug-likeness (QED) is 0.800. The van der Waals surface area contributed by atoms with Crippen LogP contribution in [0.1, 0.15) is 16.1 Å². The molecule has 134 valence electrons. The van der Waals surface area contributed by atoms with Gasteiger partial charge < -0.3 is 14.2 Å². The van der Waals surface area contributed by atoms with Gasteiger partial charge in [-0.2, -0.15) is 0 Å². The molecule has 2 saturated heterocycles. The Kier molecular flexibility index (Phi) is 4.15. The molecule has 2 atom stereocenters. The molecule has 1 aromatic carbocycles. The fourth-order valence-electron chi connectivity index (χ4n) is 4.02. The van der Waals surface area contributed by atoms with E-state index in [1.54, 1.807) is 0 Å². The zero-order chi connectivity index (χ0) is 18.3. The van der Waals surface area contributed by atoms with Crippen molar-refractivity contribution in [3.63, 3.8) is 0 Å². The van der Waals surface area contributed by atoms with Gasteiger partial charge in [0.1, 0.15) is 11.5 Å². The average Bonchev–Trinajstić information content (AvgIpc) is 3.35. The zero-order valence-corrected chi connectivity index (χ0v) is 14.9. The van der Waals surface area contributed by atoms with Crippen LogP contribution in [-0.2, 0) is 4.79 Å². The van der Waals surface area contributed by atoms with Crippen LogP contribution in [0.4, 0.5) is 0 Å². The standard InChI is InChI=1S/C21H22N2O3/c1-3-20(24)22-10-17-12-23(13-18(17)11-22)21(25)16-7-5-15(6-8-16)19-9-4-14(2)26-19/h3-9,17-18H,1,10-13H2,2H3. The van der Waals surface area contributed by atoms with Gasteiger partial charge >= 0.3 is 0 Å². The summed E-state index contributed by atoms with van der Waals surface area (Å²) in [5.74, 6) is 2.46. The normalized spacial score (nSPS) is 21.7. The van der Waals surface area contributed by atoms with E-state index in [2.05, 4.69) is 6.58 Å². The van der Waals surface area contributed by atoms with Crippen LogP contribution in [0.25, 0.3) is 11.3 Å². The minimum atomic E-state index is -0.0129. The Balaban J connectivity index is 1.42.